The van der Waals surface area contributed by atoms with Crippen LogP contribution in [0.25, 0.3) is 0 Å². The molecule has 0 bridgehead atoms. The van der Waals surface area contributed by atoms with Crippen molar-refractivity contribution in [2.45, 2.75) is 77.8 Å². The Bertz CT molecular complexity index is 1020. The van der Waals surface area contributed by atoms with Gasteiger partial charge in [-0.2, -0.15) is 0 Å². The average Bonchev–Trinajstić information content (AvgIpc) is 3.46. The first-order chi connectivity index (χ1) is 17.8. The number of benzene rings is 1. The number of rotatable bonds is 13. The standard InChI is InChI=1S/C29H41N3O5/c1-5-20(2)23(29(35)32(3)19-22-13-9-10-14-26(22)36-4)18-25(33)24(17-21-11-7-6-8-12-21)31-28(34)27-15-16-30-37-27/h9-10,13-16,20-21,23-24H,5-8,11-12,17-19H2,1-4H3,(H,31,34)/t20-,23-,24-/m0/s1. The van der Waals surface area contributed by atoms with E-state index in [1.54, 1.807) is 19.1 Å². The van der Waals surface area contributed by atoms with E-state index >= 15 is 0 Å². The molecule has 8 heteroatoms. The number of amides is 2. The molecule has 0 aliphatic heterocycles. The van der Waals surface area contributed by atoms with E-state index in [9.17, 15) is 14.4 Å². The molecule has 1 saturated carbocycles. The van der Waals surface area contributed by atoms with Crippen LogP contribution in [0.2, 0.25) is 0 Å². The van der Waals surface area contributed by atoms with Crippen LogP contribution in [0.3, 0.4) is 0 Å². The van der Waals surface area contributed by atoms with Gasteiger partial charge in [0.1, 0.15) is 5.75 Å². The second kappa shape index (κ2) is 14.0. The Labute approximate surface area is 220 Å². The number of ketones is 1. The van der Waals surface area contributed by atoms with Gasteiger partial charge in [0.2, 0.25) is 11.7 Å². The van der Waals surface area contributed by atoms with Crippen molar-refractivity contribution in [3.05, 3.63) is 47.9 Å². The Morgan fingerprint density at radius 1 is 1.16 bits per heavy atom. The smallest absolute Gasteiger partial charge is 0.290 e. The highest BCUT2D eigenvalue weighted by molar-refractivity contribution is 5.97. The van der Waals surface area contributed by atoms with Crippen molar-refractivity contribution in [1.29, 1.82) is 0 Å². The van der Waals surface area contributed by atoms with Gasteiger partial charge in [-0.3, -0.25) is 14.4 Å². The predicted octanol–water partition coefficient (Wildman–Crippen LogP) is 5.03. The van der Waals surface area contributed by atoms with E-state index in [2.05, 4.69) is 10.5 Å². The Morgan fingerprint density at radius 3 is 2.54 bits per heavy atom. The molecule has 3 atom stereocenters. The van der Waals surface area contributed by atoms with Crippen LogP contribution in [0.1, 0.15) is 81.3 Å². The highest BCUT2D eigenvalue weighted by Crippen LogP contribution is 2.30. The Morgan fingerprint density at radius 2 is 1.89 bits per heavy atom. The highest BCUT2D eigenvalue weighted by Gasteiger charge is 2.34. The lowest BCUT2D eigenvalue weighted by Crippen LogP contribution is -2.45. The molecule has 1 heterocycles. The third kappa shape index (κ3) is 7.91. The lowest BCUT2D eigenvalue weighted by atomic mass is 9.80. The molecule has 1 aromatic heterocycles. The molecule has 8 nitrogen and oxygen atoms in total. The molecule has 1 aliphatic carbocycles. The summed E-state index contributed by atoms with van der Waals surface area (Å²) in [6.07, 6.45) is 8.44. The van der Waals surface area contributed by atoms with E-state index in [-0.39, 0.29) is 29.8 Å². The van der Waals surface area contributed by atoms with Gasteiger partial charge < -0.3 is 19.5 Å². The van der Waals surface area contributed by atoms with Crippen LogP contribution < -0.4 is 10.1 Å². The SMILES string of the molecule is CC[C@H](C)[C@H](CC(=O)[C@H](CC1CCCCC1)NC(=O)c1ccno1)C(=O)N(C)Cc1ccccc1OC. The van der Waals surface area contributed by atoms with Crippen molar-refractivity contribution in [1.82, 2.24) is 15.4 Å². The second-order valence-corrected chi connectivity index (χ2v) is 10.3. The molecular formula is C29H41N3O5. The maximum absolute atomic E-state index is 13.7. The molecule has 0 saturated heterocycles. The number of Topliss-reactive ketones (excluding diaryl/α,β-unsaturated/α-hetero) is 1. The average molecular weight is 512 g/mol. The number of hydrogen-bond donors (Lipinski definition) is 1. The minimum absolute atomic E-state index is 0.0110. The van der Waals surface area contributed by atoms with Crippen LogP contribution in [0.5, 0.6) is 5.75 Å². The summed E-state index contributed by atoms with van der Waals surface area (Å²) in [4.78, 5) is 41.7. The molecule has 2 amide bonds. The monoisotopic (exact) mass is 511 g/mol. The number of nitrogens with one attached hydrogen (secondary N) is 1. The Hall–Kier alpha value is -3.16. The van der Waals surface area contributed by atoms with E-state index in [0.29, 0.717) is 18.9 Å². The van der Waals surface area contributed by atoms with Crippen LogP contribution in [0, 0.1) is 17.8 Å². The van der Waals surface area contributed by atoms with Gasteiger partial charge in [-0.15, -0.1) is 0 Å². The summed E-state index contributed by atoms with van der Waals surface area (Å²) in [6, 6.07) is 8.43. The van der Waals surface area contributed by atoms with Crippen molar-refractivity contribution < 1.29 is 23.6 Å². The highest BCUT2D eigenvalue weighted by atomic mass is 16.5. The summed E-state index contributed by atoms with van der Waals surface area (Å²) < 4.78 is 10.4. The fourth-order valence-electron chi connectivity index (χ4n) is 5.21. The third-order valence-electron chi connectivity index (χ3n) is 7.69. The maximum atomic E-state index is 13.7. The van der Waals surface area contributed by atoms with Gasteiger partial charge in [0, 0.05) is 37.6 Å². The van der Waals surface area contributed by atoms with Gasteiger partial charge in [0.15, 0.2) is 5.78 Å². The maximum Gasteiger partial charge on any atom is 0.290 e. The summed E-state index contributed by atoms with van der Waals surface area (Å²) in [6.45, 7) is 4.43. The number of carbonyl (C=O) groups excluding carboxylic acids is 3. The molecule has 0 unspecified atom stereocenters. The van der Waals surface area contributed by atoms with E-state index in [1.165, 1.54) is 18.7 Å². The van der Waals surface area contributed by atoms with E-state index in [0.717, 1.165) is 43.4 Å². The number of ether oxygens (including phenoxy) is 1. The number of methoxy groups -OCH3 is 1. The van der Waals surface area contributed by atoms with Gasteiger partial charge >= 0.3 is 0 Å². The fraction of sp³-hybridized carbons (Fsp3) is 0.586. The van der Waals surface area contributed by atoms with Crippen LogP contribution >= 0.6 is 0 Å². The fourth-order valence-corrected chi connectivity index (χ4v) is 5.21. The summed E-state index contributed by atoms with van der Waals surface area (Å²) in [5.41, 5.74) is 0.907. The molecule has 2 aromatic rings. The first-order valence-corrected chi connectivity index (χ1v) is 13.4. The molecule has 3 rings (SSSR count). The summed E-state index contributed by atoms with van der Waals surface area (Å²) in [7, 11) is 3.38. The lowest BCUT2D eigenvalue weighted by molar-refractivity contribution is -0.139. The van der Waals surface area contributed by atoms with E-state index in [4.69, 9.17) is 9.26 Å². The molecule has 1 aliphatic rings. The predicted molar refractivity (Wildman–Crippen MR) is 141 cm³/mol. The Kier molecular flexibility index (Phi) is 10.7. The Balaban J connectivity index is 1.75. The lowest BCUT2D eigenvalue weighted by Gasteiger charge is -2.30. The van der Waals surface area contributed by atoms with Crippen LogP contribution in [-0.4, -0.2) is 47.9 Å². The zero-order valence-electron chi connectivity index (χ0n) is 22.6. The van der Waals surface area contributed by atoms with E-state index in [1.807, 2.05) is 38.1 Å². The van der Waals surface area contributed by atoms with Gasteiger partial charge in [0.05, 0.1) is 19.3 Å². The number of aromatic nitrogens is 1. The summed E-state index contributed by atoms with van der Waals surface area (Å²) in [5, 5.41) is 6.49. The zero-order chi connectivity index (χ0) is 26.8. The molecule has 37 heavy (non-hydrogen) atoms. The first-order valence-electron chi connectivity index (χ1n) is 13.4. The number of hydrogen-bond acceptors (Lipinski definition) is 6. The van der Waals surface area contributed by atoms with Crippen LogP contribution in [-0.2, 0) is 16.1 Å². The van der Waals surface area contributed by atoms with Crippen molar-refractivity contribution in [2.24, 2.45) is 17.8 Å². The molecular weight excluding hydrogens is 470 g/mol. The summed E-state index contributed by atoms with van der Waals surface area (Å²) in [5.74, 6) is 0.0723. The molecule has 202 valence electrons. The molecule has 1 aromatic carbocycles. The van der Waals surface area contributed by atoms with Gasteiger partial charge in [-0.05, 0) is 24.3 Å². The quantitative estimate of drug-likeness (QED) is 0.405. The van der Waals surface area contributed by atoms with Crippen LogP contribution in [0.15, 0.2) is 41.1 Å². The largest absolute Gasteiger partial charge is 0.496 e. The second-order valence-electron chi connectivity index (χ2n) is 10.3. The van der Waals surface area contributed by atoms with Crippen molar-refractivity contribution in [3.63, 3.8) is 0 Å². The minimum atomic E-state index is -0.667. The van der Waals surface area contributed by atoms with Crippen molar-refractivity contribution in [2.75, 3.05) is 14.2 Å². The molecule has 1 N–H and O–H groups in total. The van der Waals surface area contributed by atoms with Gasteiger partial charge in [-0.1, -0.05) is 75.7 Å². The van der Waals surface area contributed by atoms with Crippen LogP contribution in [0.4, 0.5) is 0 Å². The molecule has 1 fully saturated rings. The number of carbonyl (C=O) groups is 3. The van der Waals surface area contributed by atoms with Crippen molar-refractivity contribution in [3.8, 4) is 5.75 Å². The third-order valence-corrected chi connectivity index (χ3v) is 7.69. The van der Waals surface area contributed by atoms with Crippen molar-refractivity contribution >= 4 is 17.6 Å². The minimum Gasteiger partial charge on any atom is -0.496 e. The van der Waals surface area contributed by atoms with Gasteiger partial charge in [-0.25, -0.2) is 0 Å². The zero-order valence-corrected chi connectivity index (χ0v) is 22.6. The summed E-state index contributed by atoms with van der Waals surface area (Å²) >= 11 is 0. The molecule has 0 radical (unpaired) electrons. The van der Waals surface area contributed by atoms with E-state index < -0.39 is 17.9 Å². The topological polar surface area (TPSA) is 102 Å². The molecule has 0 spiro atoms. The van der Waals surface area contributed by atoms with Gasteiger partial charge in [0.25, 0.3) is 5.91 Å². The number of nitrogens with zero attached hydrogens (tertiary/aromatic N) is 2. The number of para-hydroxylation sites is 1. The normalized spacial score (nSPS) is 16.4. The first kappa shape index (κ1) is 28.4.